The van der Waals surface area contributed by atoms with E-state index >= 15 is 0 Å². The fourth-order valence-electron chi connectivity index (χ4n) is 3.11. The monoisotopic (exact) mass is 503 g/mol. The summed E-state index contributed by atoms with van der Waals surface area (Å²) >= 11 is 0. The van der Waals surface area contributed by atoms with E-state index in [1.165, 1.54) is 0 Å². The quantitative estimate of drug-likeness (QED) is 0.155. The van der Waals surface area contributed by atoms with Gasteiger partial charge < -0.3 is 4.52 Å². The molecule has 184 valence electrons. The lowest BCUT2D eigenvalue weighted by atomic mass is 10.2. The van der Waals surface area contributed by atoms with Crippen molar-refractivity contribution in [1.29, 1.82) is 0 Å². The molecule has 2 heterocycles. The summed E-state index contributed by atoms with van der Waals surface area (Å²) in [6.07, 6.45) is 3.71. The molecule has 0 saturated carbocycles. The Bertz CT molecular complexity index is 1160. The zero-order chi connectivity index (χ0) is 25.3. The van der Waals surface area contributed by atoms with Gasteiger partial charge in [-0.25, -0.2) is 4.57 Å². The number of nitro benzene ring substituents is 2. The minimum absolute atomic E-state index is 0.185. The molecule has 1 atom stereocenters. The van der Waals surface area contributed by atoms with E-state index in [0.717, 1.165) is 23.5 Å². The van der Waals surface area contributed by atoms with Gasteiger partial charge in [-0.05, 0) is 36.8 Å². The minimum Gasteiger partial charge on any atom is -0.397 e. The molecule has 1 unspecified atom stereocenters. The number of nitrogens with zero attached hydrogens (tertiary/aromatic N) is 5. The number of hydrogen-bond acceptors (Lipinski definition) is 10. The van der Waals surface area contributed by atoms with Crippen molar-refractivity contribution in [3.63, 3.8) is 0 Å². The second-order valence-electron chi connectivity index (χ2n) is 7.27. The van der Waals surface area contributed by atoms with Gasteiger partial charge in [-0.1, -0.05) is 12.1 Å². The van der Waals surface area contributed by atoms with Gasteiger partial charge in [0.1, 0.15) is 0 Å². The molecule has 0 bridgehead atoms. The molecular formula is C21H22N5O8P. The summed E-state index contributed by atoms with van der Waals surface area (Å²) in [5, 5.41) is 22.0. The number of phosphoric acid groups is 1. The third kappa shape index (κ3) is 8.19. The number of non-ortho nitro benzene ring substituents is 1. The number of pyridine rings is 2. The predicted octanol–water partition coefficient (Wildman–Crippen LogP) is 3.88. The Morgan fingerprint density at radius 1 is 0.943 bits per heavy atom. The fraction of sp³-hybridized carbons (Fsp3) is 0.238. The highest BCUT2D eigenvalue weighted by Crippen LogP contribution is 2.47. The normalized spacial score (nSPS) is 12.7. The second-order valence-corrected chi connectivity index (χ2v) is 8.64. The maximum atomic E-state index is 12.3. The van der Waals surface area contributed by atoms with Crippen molar-refractivity contribution in [3.05, 3.63) is 98.6 Å². The first-order valence-electron chi connectivity index (χ1n) is 10.4. The van der Waals surface area contributed by atoms with Crippen LogP contribution in [0.1, 0.15) is 17.8 Å². The molecule has 0 spiro atoms. The summed E-state index contributed by atoms with van der Waals surface area (Å²) in [7, 11) is -4.73. The van der Waals surface area contributed by atoms with Gasteiger partial charge >= 0.3 is 13.5 Å². The van der Waals surface area contributed by atoms with Crippen molar-refractivity contribution in [2.75, 3.05) is 13.2 Å². The van der Waals surface area contributed by atoms with E-state index in [1.54, 1.807) is 12.4 Å². The largest absolute Gasteiger partial charge is 0.527 e. The van der Waals surface area contributed by atoms with Crippen LogP contribution in [0.4, 0.5) is 11.4 Å². The van der Waals surface area contributed by atoms with E-state index < -0.39 is 34.8 Å². The second kappa shape index (κ2) is 12.1. The molecule has 0 aliphatic heterocycles. The van der Waals surface area contributed by atoms with Gasteiger partial charge in [0.05, 0.1) is 33.9 Å². The maximum absolute atomic E-state index is 12.3. The summed E-state index contributed by atoms with van der Waals surface area (Å²) in [6, 6.07) is 13.6. The van der Waals surface area contributed by atoms with Crippen LogP contribution in [0.5, 0.6) is 5.75 Å². The number of benzene rings is 1. The van der Waals surface area contributed by atoms with Crippen LogP contribution in [-0.4, -0.2) is 42.8 Å². The third-order valence-corrected chi connectivity index (χ3v) is 5.60. The van der Waals surface area contributed by atoms with E-state index in [0.29, 0.717) is 32.1 Å². The Morgan fingerprint density at radius 3 is 2.09 bits per heavy atom. The molecule has 1 N–H and O–H groups in total. The first kappa shape index (κ1) is 25.8. The molecule has 3 rings (SSSR count). The molecule has 35 heavy (non-hydrogen) atoms. The first-order chi connectivity index (χ1) is 16.7. The maximum Gasteiger partial charge on any atom is 0.527 e. The number of aromatic nitrogens is 2. The summed E-state index contributed by atoms with van der Waals surface area (Å²) in [4.78, 5) is 40.9. The van der Waals surface area contributed by atoms with Crippen molar-refractivity contribution in [2.45, 2.75) is 19.5 Å². The number of hydrogen-bond donors (Lipinski definition) is 1. The number of rotatable bonds is 13. The Balaban J connectivity index is 1.59. The van der Waals surface area contributed by atoms with Crippen LogP contribution < -0.4 is 4.52 Å². The lowest BCUT2D eigenvalue weighted by molar-refractivity contribution is -0.394. The standard InChI is InChI=1S/C21H22N5O8P/c27-25(28)19-8-9-21(20(14-19)26(29)30)34-35(31,32)33-13-5-12-24(15-17-6-1-3-10-22-17)16-18-7-2-4-11-23-18/h1-4,6-11,14H,5,12-13,15-16H2,(H,31,32). The molecule has 1 aromatic carbocycles. The highest BCUT2D eigenvalue weighted by molar-refractivity contribution is 7.47. The predicted molar refractivity (Wildman–Crippen MR) is 123 cm³/mol. The fourth-order valence-corrected chi connectivity index (χ4v) is 3.93. The Morgan fingerprint density at radius 2 is 1.57 bits per heavy atom. The van der Waals surface area contributed by atoms with E-state index in [1.807, 2.05) is 41.3 Å². The summed E-state index contributed by atoms with van der Waals surface area (Å²) in [5.41, 5.74) is 0.296. The van der Waals surface area contributed by atoms with Crippen molar-refractivity contribution < 1.29 is 28.4 Å². The average Bonchev–Trinajstić information content (AvgIpc) is 2.83. The Kier molecular flexibility index (Phi) is 8.92. The minimum atomic E-state index is -4.73. The molecule has 2 aromatic heterocycles. The Labute approximate surface area is 199 Å². The smallest absolute Gasteiger partial charge is 0.397 e. The zero-order valence-corrected chi connectivity index (χ0v) is 19.3. The van der Waals surface area contributed by atoms with Crippen LogP contribution in [-0.2, 0) is 22.2 Å². The molecule has 0 aliphatic rings. The van der Waals surface area contributed by atoms with Gasteiger partial charge in [0.25, 0.3) is 5.69 Å². The third-order valence-electron chi connectivity index (χ3n) is 4.66. The molecule has 0 saturated heterocycles. The van der Waals surface area contributed by atoms with Gasteiger partial charge in [-0.15, -0.1) is 0 Å². The molecule has 13 nitrogen and oxygen atoms in total. The number of phosphoric ester groups is 1. The lowest BCUT2D eigenvalue weighted by Gasteiger charge is -2.22. The van der Waals surface area contributed by atoms with Crippen LogP contribution in [0.3, 0.4) is 0 Å². The van der Waals surface area contributed by atoms with Crippen LogP contribution in [0.2, 0.25) is 0 Å². The van der Waals surface area contributed by atoms with Crippen LogP contribution in [0.15, 0.2) is 67.0 Å². The molecule has 0 radical (unpaired) electrons. The van der Waals surface area contributed by atoms with Gasteiger partial charge in [-0.2, -0.15) is 0 Å². The topological polar surface area (TPSA) is 171 Å². The Hall–Kier alpha value is -3.77. The van der Waals surface area contributed by atoms with E-state index in [2.05, 4.69) is 9.97 Å². The van der Waals surface area contributed by atoms with Crippen molar-refractivity contribution in [2.24, 2.45) is 0 Å². The molecular weight excluding hydrogens is 481 g/mol. The van der Waals surface area contributed by atoms with Gasteiger partial charge in [0, 0.05) is 38.1 Å². The van der Waals surface area contributed by atoms with Crippen LogP contribution in [0, 0.1) is 20.2 Å². The van der Waals surface area contributed by atoms with Gasteiger partial charge in [0.15, 0.2) is 0 Å². The SMILES string of the molecule is O=[N+]([O-])c1ccc(OP(=O)(O)OCCCN(Cc2ccccn2)Cc2ccccn2)c([N+](=O)[O-])c1. The zero-order valence-electron chi connectivity index (χ0n) is 18.4. The van der Waals surface area contributed by atoms with Crippen molar-refractivity contribution in [1.82, 2.24) is 14.9 Å². The molecule has 14 heteroatoms. The number of nitro groups is 2. The first-order valence-corrected chi connectivity index (χ1v) is 11.8. The summed E-state index contributed by atoms with van der Waals surface area (Å²) in [6.45, 7) is 1.31. The average molecular weight is 503 g/mol. The van der Waals surface area contributed by atoms with Gasteiger partial charge in [0.2, 0.25) is 5.75 Å². The highest BCUT2D eigenvalue weighted by atomic mass is 31.2. The summed E-state index contributed by atoms with van der Waals surface area (Å²) in [5.74, 6) is -0.613. The van der Waals surface area contributed by atoms with Crippen molar-refractivity contribution >= 4 is 19.2 Å². The molecule has 0 aliphatic carbocycles. The van der Waals surface area contributed by atoms with E-state index in [4.69, 9.17) is 9.05 Å². The van der Waals surface area contributed by atoms with Crippen LogP contribution >= 0.6 is 7.82 Å². The highest BCUT2D eigenvalue weighted by Gasteiger charge is 2.29. The molecule has 3 aromatic rings. The summed E-state index contributed by atoms with van der Waals surface area (Å²) < 4.78 is 22.1. The molecule has 0 fully saturated rings. The van der Waals surface area contributed by atoms with E-state index in [-0.39, 0.29) is 6.61 Å². The van der Waals surface area contributed by atoms with Crippen molar-refractivity contribution in [3.8, 4) is 5.75 Å². The lowest BCUT2D eigenvalue weighted by Crippen LogP contribution is -2.25. The molecule has 0 amide bonds. The van der Waals surface area contributed by atoms with Crippen LogP contribution in [0.25, 0.3) is 0 Å². The van der Waals surface area contributed by atoms with E-state index in [9.17, 15) is 29.7 Å². The van der Waals surface area contributed by atoms with Gasteiger partial charge in [-0.3, -0.25) is 44.5 Å².